The summed E-state index contributed by atoms with van der Waals surface area (Å²) in [6.07, 6.45) is 2.93. The second kappa shape index (κ2) is 6.19. The standard InChI is InChI=1S/C9H12ClN3O4/c1-2-3-4-17-8(14)6-12-5-7(10)9(11-12)13(15)16/h5H,2-4,6H2,1H3. The summed E-state index contributed by atoms with van der Waals surface area (Å²) < 4.78 is 5.98. The van der Waals surface area contributed by atoms with Crippen LogP contribution in [0.15, 0.2) is 6.20 Å². The van der Waals surface area contributed by atoms with Gasteiger partial charge in [0.15, 0.2) is 11.6 Å². The van der Waals surface area contributed by atoms with Crippen molar-refractivity contribution in [3.63, 3.8) is 0 Å². The number of halogens is 1. The van der Waals surface area contributed by atoms with Gasteiger partial charge in [-0.15, -0.1) is 0 Å². The second-order valence-electron chi connectivity index (χ2n) is 3.33. The van der Waals surface area contributed by atoms with E-state index in [1.54, 1.807) is 0 Å². The van der Waals surface area contributed by atoms with Crippen molar-refractivity contribution in [3.8, 4) is 0 Å². The maximum atomic E-state index is 11.3. The van der Waals surface area contributed by atoms with Crippen molar-refractivity contribution in [1.29, 1.82) is 0 Å². The molecule has 1 aromatic heterocycles. The van der Waals surface area contributed by atoms with Gasteiger partial charge in [-0.3, -0.25) is 0 Å². The van der Waals surface area contributed by atoms with Crippen LogP contribution in [0.25, 0.3) is 0 Å². The summed E-state index contributed by atoms with van der Waals surface area (Å²) in [7, 11) is 0. The van der Waals surface area contributed by atoms with E-state index in [9.17, 15) is 14.9 Å². The van der Waals surface area contributed by atoms with Crippen LogP contribution in [0.3, 0.4) is 0 Å². The van der Waals surface area contributed by atoms with E-state index < -0.39 is 16.7 Å². The molecule has 8 heteroatoms. The Morgan fingerprint density at radius 3 is 2.94 bits per heavy atom. The van der Waals surface area contributed by atoms with Gasteiger partial charge in [0.05, 0.1) is 17.9 Å². The van der Waals surface area contributed by atoms with Gasteiger partial charge in [0.1, 0.15) is 0 Å². The third-order valence-electron chi connectivity index (χ3n) is 1.92. The Labute approximate surface area is 102 Å². The van der Waals surface area contributed by atoms with Crippen molar-refractivity contribution in [2.45, 2.75) is 26.3 Å². The molecule has 94 valence electrons. The van der Waals surface area contributed by atoms with Crippen LogP contribution in [0.5, 0.6) is 0 Å². The van der Waals surface area contributed by atoms with E-state index in [1.807, 2.05) is 6.92 Å². The van der Waals surface area contributed by atoms with Crippen LogP contribution < -0.4 is 0 Å². The Kier molecular flexibility index (Phi) is 4.89. The zero-order valence-corrected chi connectivity index (χ0v) is 10.0. The number of hydrogen-bond acceptors (Lipinski definition) is 5. The van der Waals surface area contributed by atoms with E-state index in [2.05, 4.69) is 5.10 Å². The first-order valence-electron chi connectivity index (χ1n) is 5.07. The molecule has 0 fully saturated rings. The van der Waals surface area contributed by atoms with Crippen LogP contribution in [0.2, 0.25) is 5.02 Å². The molecule has 0 saturated heterocycles. The first kappa shape index (κ1) is 13.4. The van der Waals surface area contributed by atoms with Gasteiger partial charge in [-0.1, -0.05) is 24.9 Å². The molecule has 0 unspecified atom stereocenters. The van der Waals surface area contributed by atoms with Crippen molar-refractivity contribution in [2.24, 2.45) is 0 Å². The van der Waals surface area contributed by atoms with Gasteiger partial charge in [-0.25, -0.2) is 4.79 Å². The minimum absolute atomic E-state index is 0.101. The van der Waals surface area contributed by atoms with Crippen molar-refractivity contribution in [1.82, 2.24) is 9.78 Å². The van der Waals surface area contributed by atoms with Crippen LogP contribution in [-0.4, -0.2) is 27.3 Å². The average molecular weight is 262 g/mol. The molecule has 1 aromatic rings. The molecule has 1 rings (SSSR count). The molecule has 0 aliphatic heterocycles. The summed E-state index contributed by atoms with van der Waals surface area (Å²) in [4.78, 5) is 21.0. The molecular formula is C9H12ClN3O4. The summed E-state index contributed by atoms with van der Waals surface area (Å²) in [5, 5.41) is 13.9. The smallest absolute Gasteiger partial charge is 0.408 e. The minimum atomic E-state index is -0.707. The van der Waals surface area contributed by atoms with E-state index in [4.69, 9.17) is 16.3 Å². The lowest BCUT2D eigenvalue weighted by Crippen LogP contribution is -2.14. The molecule has 1 heterocycles. The minimum Gasteiger partial charge on any atom is -0.464 e. The molecule has 7 nitrogen and oxygen atoms in total. The predicted molar refractivity (Wildman–Crippen MR) is 59.8 cm³/mol. The molecule has 0 N–H and O–H groups in total. The van der Waals surface area contributed by atoms with Crippen LogP contribution in [0, 0.1) is 10.1 Å². The van der Waals surface area contributed by atoms with Gasteiger partial charge < -0.3 is 14.9 Å². The van der Waals surface area contributed by atoms with Gasteiger partial charge in [-0.2, -0.15) is 4.68 Å². The second-order valence-corrected chi connectivity index (χ2v) is 3.74. The van der Waals surface area contributed by atoms with Crippen molar-refractivity contribution < 1.29 is 14.5 Å². The van der Waals surface area contributed by atoms with Crippen LogP contribution in [-0.2, 0) is 16.1 Å². The molecule has 17 heavy (non-hydrogen) atoms. The lowest BCUT2D eigenvalue weighted by atomic mass is 10.4. The van der Waals surface area contributed by atoms with Crippen LogP contribution in [0.1, 0.15) is 19.8 Å². The fraction of sp³-hybridized carbons (Fsp3) is 0.556. The van der Waals surface area contributed by atoms with Gasteiger partial charge in [0.25, 0.3) is 0 Å². The first-order chi connectivity index (χ1) is 8.04. The Bertz CT molecular complexity index is 418. The molecule has 0 aromatic carbocycles. The Hall–Kier alpha value is -1.63. The number of esters is 1. The SMILES string of the molecule is CCCCOC(=O)Cn1cc(Cl)c([N+](=O)[O-])n1. The number of aromatic nitrogens is 2. The fourth-order valence-electron chi connectivity index (χ4n) is 1.10. The number of ether oxygens (including phenoxy) is 1. The Morgan fingerprint density at radius 2 is 2.41 bits per heavy atom. The maximum Gasteiger partial charge on any atom is 0.408 e. The molecule has 0 saturated carbocycles. The molecule has 0 aliphatic carbocycles. The average Bonchev–Trinajstić information content (AvgIpc) is 2.60. The highest BCUT2D eigenvalue weighted by Gasteiger charge is 2.20. The summed E-state index contributed by atoms with van der Waals surface area (Å²) in [5.41, 5.74) is 0. The number of rotatable bonds is 6. The lowest BCUT2D eigenvalue weighted by Gasteiger charge is -2.01. The number of carbonyl (C=O) groups is 1. The normalized spacial score (nSPS) is 10.2. The monoisotopic (exact) mass is 261 g/mol. The van der Waals surface area contributed by atoms with Crippen molar-refractivity contribution >= 4 is 23.4 Å². The van der Waals surface area contributed by atoms with E-state index >= 15 is 0 Å². The summed E-state index contributed by atoms with van der Waals surface area (Å²) >= 11 is 5.57. The zero-order chi connectivity index (χ0) is 12.8. The highest BCUT2D eigenvalue weighted by atomic mass is 35.5. The number of hydrogen-bond donors (Lipinski definition) is 0. The van der Waals surface area contributed by atoms with Gasteiger partial charge >= 0.3 is 11.8 Å². The molecule has 0 amide bonds. The summed E-state index contributed by atoms with van der Waals surface area (Å²) in [6, 6.07) is 0. The van der Waals surface area contributed by atoms with E-state index in [-0.39, 0.29) is 11.6 Å². The quantitative estimate of drug-likeness (QED) is 0.337. The number of nitrogens with zero attached hydrogens (tertiary/aromatic N) is 3. The van der Waals surface area contributed by atoms with Crippen LogP contribution in [0.4, 0.5) is 5.82 Å². The Morgan fingerprint density at radius 1 is 1.71 bits per heavy atom. The molecule has 0 atom stereocenters. The zero-order valence-electron chi connectivity index (χ0n) is 9.26. The maximum absolute atomic E-state index is 11.3. The fourth-order valence-corrected chi connectivity index (χ4v) is 1.32. The van der Waals surface area contributed by atoms with Crippen molar-refractivity contribution in [3.05, 3.63) is 21.3 Å². The number of nitro groups is 1. The lowest BCUT2D eigenvalue weighted by molar-refractivity contribution is -0.389. The third kappa shape index (κ3) is 4.03. The third-order valence-corrected chi connectivity index (χ3v) is 2.19. The van der Waals surface area contributed by atoms with Gasteiger partial charge in [0, 0.05) is 0 Å². The largest absolute Gasteiger partial charge is 0.464 e. The van der Waals surface area contributed by atoms with E-state index in [0.717, 1.165) is 17.5 Å². The highest BCUT2D eigenvalue weighted by Crippen LogP contribution is 2.21. The van der Waals surface area contributed by atoms with Gasteiger partial charge in [0.2, 0.25) is 0 Å². The molecule has 0 aliphatic rings. The van der Waals surface area contributed by atoms with E-state index in [0.29, 0.717) is 6.61 Å². The van der Waals surface area contributed by atoms with Gasteiger partial charge in [-0.05, 0) is 11.3 Å². The van der Waals surface area contributed by atoms with Crippen LogP contribution >= 0.6 is 11.6 Å². The summed E-state index contributed by atoms with van der Waals surface area (Å²) in [5.74, 6) is -0.958. The topological polar surface area (TPSA) is 87.3 Å². The molecule has 0 bridgehead atoms. The van der Waals surface area contributed by atoms with E-state index in [1.165, 1.54) is 6.20 Å². The summed E-state index contributed by atoms with van der Waals surface area (Å²) in [6.45, 7) is 2.13. The Balaban J connectivity index is 2.54. The molecular weight excluding hydrogens is 250 g/mol. The highest BCUT2D eigenvalue weighted by molar-refractivity contribution is 6.32. The first-order valence-corrected chi connectivity index (χ1v) is 5.45. The predicted octanol–water partition coefficient (Wildman–Crippen LogP) is 1.79. The molecule has 0 spiro atoms. The number of carbonyl (C=O) groups excluding carboxylic acids is 1. The molecule has 0 radical (unpaired) electrons. The van der Waals surface area contributed by atoms with Crippen molar-refractivity contribution in [2.75, 3.05) is 6.61 Å². The number of unbranched alkanes of at least 4 members (excludes halogenated alkanes) is 1.